The van der Waals surface area contributed by atoms with E-state index in [9.17, 15) is 4.79 Å². The molecular formula is C21H34O3. The lowest BCUT2D eigenvalue weighted by Crippen LogP contribution is -2.08. The van der Waals surface area contributed by atoms with E-state index in [0.29, 0.717) is 24.5 Å². The highest BCUT2D eigenvalue weighted by Gasteiger charge is 2.12. The zero-order chi connectivity index (χ0) is 17.5. The fourth-order valence-electron chi connectivity index (χ4n) is 2.74. The maximum atomic E-state index is 11.9. The fourth-order valence-corrected chi connectivity index (χ4v) is 2.74. The Morgan fingerprint density at radius 2 is 1.42 bits per heavy atom. The second kappa shape index (κ2) is 13.9. The molecule has 0 spiro atoms. The standard InChI is InChI=1S/C21H34O3/c1-3-5-6-7-8-9-10-11-12-15-18-24-20-17-14-13-16-19(20)21(22)23-4-2/h13-14,16-17H,3-12,15,18H2,1-2H3. The topological polar surface area (TPSA) is 35.5 Å². The Hall–Kier alpha value is -1.51. The molecule has 0 fully saturated rings. The summed E-state index contributed by atoms with van der Waals surface area (Å²) in [6.45, 7) is 5.11. The summed E-state index contributed by atoms with van der Waals surface area (Å²) in [7, 11) is 0. The first-order chi connectivity index (χ1) is 11.8. The Kier molecular flexibility index (Phi) is 11.9. The maximum Gasteiger partial charge on any atom is 0.341 e. The number of esters is 1. The van der Waals surface area contributed by atoms with Crippen molar-refractivity contribution in [1.82, 2.24) is 0 Å². The van der Waals surface area contributed by atoms with Gasteiger partial charge in [0.1, 0.15) is 11.3 Å². The molecule has 0 saturated heterocycles. The molecule has 0 heterocycles. The van der Waals surface area contributed by atoms with E-state index in [4.69, 9.17) is 9.47 Å². The van der Waals surface area contributed by atoms with Gasteiger partial charge in [-0.25, -0.2) is 4.79 Å². The molecule has 0 atom stereocenters. The molecule has 0 amide bonds. The third kappa shape index (κ3) is 8.95. The van der Waals surface area contributed by atoms with Crippen LogP contribution >= 0.6 is 0 Å². The first-order valence-electron chi connectivity index (χ1n) is 9.68. The predicted octanol–water partition coefficient (Wildman–Crippen LogP) is 6.16. The Morgan fingerprint density at radius 3 is 2.04 bits per heavy atom. The van der Waals surface area contributed by atoms with Crippen LogP contribution in [0.4, 0.5) is 0 Å². The number of carbonyl (C=O) groups excluding carboxylic acids is 1. The predicted molar refractivity (Wildman–Crippen MR) is 99.7 cm³/mol. The quantitative estimate of drug-likeness (QED) is 0.302. The van der Waals surface area contributed by atoms with E-state index in [2.05, 4.69) is 6.92 Å². The van der Waals surface area contributed by atoms with Crippen molar-refractivity contribution in [3.05, 3.63) is 29.8 Å². The van der Waals surface area contributed by atoms with Crippen molar-refractivity contribution in [2.24, 2.45) is 0 Å². The van der Waals surface area contributed by atoms with Crippen molar-refractivity contribution in [3.63, 3.8) is 0 Å². The zero-order valence-electron chi connectivity index (χ0n) is 15.5. The zero-order valence-corrected chi connectivity index (χ0v) is 15.5. The maximum absolute atomic E-state index is 11.9. The van der Waals surface area contributed by atoms with E-state index < -0.39 is 0 Å². The second-order valence-corrected chi connectivity index (χ2v) is 6.25. The normalized spacial score (nSPS) is 10.6. The number of para-hydroxylation sites is 1. The van der Waals surface area contributed by atoms with Gasteiger partial charge in [-0.15, -0.1) is 0 Å². The highest BCUT2D eigenvalue weighted by atomic mass is 16.5. The van der Waals surface area contributed by atoms with E-state index in [1.807, 2.05) is 25.1 Å². The van der Waals surface area contributed by atoms with E-state index in [1.165, 1.54) is 57.8 Å². The molecule has 0 bridgehead atoms. The number of unbranched alkanes of at least 4 members (excludes halogenated alkanes) is 9. The minimum Gasteiger partial charge on any atom is -0.493 e. The third-order valence-corrected chi connectivity index (χ3v) is 4.14. The number of carbonyl (C=O) groups is 1. The van der Waals surface area contributed by atoms with Crippen molar-refractivity contribution in [3.8, 4) is 5.75 Å². The van der Waals surface area contributed by atoms with Crippen LogP contribution in [0.15, 0.2) is 24.3 Å². The van der Waals surface area contributed by atoms with Gasteiger partial charge in [-0.2, -0.15) is 0 Å². The molecule has 1 aromatic carbocycles. The van der Waals surface area contributed by atoms with Crippen LogP contribution in [0, 0.1) is 0 Å². The molecule has 1 rings (SSSR count). The Balaban J connectivity index is 2.10. The van der Waals surface area contributed by atoms with Crippen LogP contribution in [0.2, 0.25) is 0 Å². The summed E-state index contributed by atoms with van der Waals surface area (Å²) in [4.78, 5) is 11.9. The van der Waals surface area contributed by atoms with Crippen LogP contribution in [0.5, 0.6) is 5.75 Å². The minimum atomic E-state index is -0.309. The molecule has 0 radical (unpaired) electrons. The first-order valence-corrected chi connectivity index (χ1v) is 9.68. The van der Waals surface area contributed by atoms with Gasteiger partial charge in [-0.05, 0) is 25.5 Å². The van der Waals surface area contributed by atoms with E-state index >= 15 is 0 Å². The van der Waals surface area contributed by atoms with Crippen LogP contribution in [-0.2, 0) is 4.74 Å². The van der Waals surface area contributed by atoms with E-state index in [-0.39, 0.29) is 5.97 Å². The van der Waals surface area contributed by atoms with Crippen LogP contribution < -0.4 is 4.74 Å². The van der Waals surface area contributed by atoms with Gasteiger partial charge < -0.3 is 9.47 Å². The molecule has 0 aliphatic heterocycles. The lowest BCUT2D eigenvalue weighted by Gasteiger charge is -2.10. The van der Waals surface area contributed by atoms with Gasteiger partial charge >= 0.3 is 5.97 Å². The average molecular weight is 335 g/mol. The van der Waals surface area contributed by atoms with E-state index in [1.54, 1.807) is 6.07 Å². The SMILES string of the molecule is CCCCCCCCCCCCOc1ccccc1C(=O)OCC. The smallest absolute Gasteiger partial charge is 0.341 e. The molecule has 0 N–H and O–H groups in total. The molecule has 0 aromatic heterocycles. The average Bonchev–Trinajstić information content (AvgIpc) is 2.60. The summed E-state index contributed by atoms with van der Waals surface area (Å²) in [5.41, 5.74) is 0.520. The van der Waals surface area contributed by atoms with Gasteiger partial charge in [0.05, 0.1) is 13.2 Å². The summed E-state index contributed by atoms with van der Waals surface area (Å²) in [6, 6.07) is 7.31. The van der Waals surface area contributed by atoms with Crippen LogP contribution in [0.1, 0.15) is 88.4 Å². The number of hydrogen-bond donors (Lipinski definition) is 0. The minimum absolute atomic E-state index is 0.309. The molecule has 0 unspecified atom stereocenters. The fraction of sp³-hybridized carbons (Fsp3) is 0.667. The summed E-state index contributed by atoms with van der Waals surface area (Å²) < 4.78 is 10.8. The molecular weight excluding hydrogens is 300 g/mol. The van der Waals surface area contributed by atoms with E-state index in [0.717, 1.165) is 6.42 Å². The van der Waals surface area contributed by atoms with Crippen molar-refractivity contribution in [2.75, 3.05) is 13.2 Å². The summed E-state index contributed by atoms with van der Waals surface area (Å²) in [5, 5.41) is 0. The van der Waals surface area contributed by atoms with Gasteiger partial charge in [-0.1, -0.05) is 76.8 Å². The summed E-state index contributed by atoms with van der Waals surface area (Å²) >= 11 is 0. The Bertz CT molecular complexity index is 442. The molecule has 3 nitrogen and oxygen atoms in total. The van der Waals surface area contributed by atoms with Crippen molar-refractivity contribution in [1.29, 1.82) is 0 Å². The van der Waals surface area contributed by atoms with Gasteiger partial charge in [-0.3, -0.25) is 0 Å². The number of benzene rings is 1. The molecule has 0 saturated carbocycles. The summed E-state index contributed by atoms with van der Waals surface area (Å²) in [6.07, 6.45) is 13.0. The van der Waals surface area contributed by atoms with Gasteiger partial charge in [0.2, 0.25) is 0 Å². The Morgan fingerprint density at radius 1 is 0.833 bits per heavy atom. The second-order valence-electron chi connectivity index (χ2n) is 6.25. The highest BCUT2D eigenvalue weighted by molar-refractivity contribution is 5.92. The number of hydrogen-bond acceptors (Lipinski definition) is 3. The molecule has 0 aliphatic rings. The molecule has 24 heavy (non-hydrogen) atoms. The highest BCUT2D eigenvalue weighted by Crippen LogP contribution is 2.19. The van der Waals surface area contributed by atoms with Crippen molar-refractivity contribution < 1.29 is 14.3 Å². The molecule has 1 aromatic rings. The molecule has 3 heteroatoms. The summed E-state index contributed by atoms with van der Waals surface area (Å²) in [5.74, 6) is 0.322. The van der Waals surface area contributed by atoms with Crippen molar-refractivity contribution >= 4 is 5.97 Å². The van der Waals surface area contributed by atoms with Gasteiger partial charge in [0, 0.05) is 0 Å². The van der Waals surface area contributed by atoms with Crippen molar-refractivity contribution in [2.45, 2.75) is 78.1 Å². The van der Waals surface area contributed by atoms with Crippen LogP contribution in [0.25, 0.3) is 0 Å². The third-order valence-electron chi connectivity index (χ3n) is 4.14. The van der Waals surface area contributed by atoms with Gasteiger partial charge in [0.25, 0.3) is 0 Å². The largest absolute Gasteiger partial charge is 0.493 e. The van der Waals surface area contributed by atoms with Crippen LogP contribution in [-0.4, -0.2) is 19.2 Å². The molecule has 136 valence electrons. The number of rotatable bonds is 14. The van der Waals surface area contributed by atoms with Gasteiger partial charge in [0.15, 0.2) is 0 Å². The monoisotopic (exact) mass is 334 g/mol. The lowest BCUT2D eigenvalue weighted by molar-refractivity contribution is 0.0521. The lowest BCUT2D eigenvalue weighted by atomic mass is 10.1. The van der Waals surface area contributed by atoms with Crippen LogP contribution in [0.3, 0.4) is 0 Å². The molecule has 0 aliphatic carbocycles. The first kappa shape index (κ1) is 20.5. The number of ether oxygens (including phenoxy) is 2. The Labute approximate surface area is 147 Å².